The van der Waals surface area contributed by atoms with Crippen LogP contribution in [0.5, 0.6) is 0 Å². The van der Waals surface area contributed by atoms with E-state index >= 15 is 0 Å². The summed E-state index contributed by atoms with van der Waals surface area (Å²) in [6.45, 7) is 6.03. The molecule has 0 unspecified atom stereocenters. The van der Waals surface area contributed by atoms with Crippen molar-refractivity contribution in [3.8, 4) is 0 Å². The molecule has 0 aliphatic carbocycles. The van der Waals surface area contributed by atoms with Crippen molar-refractivity contribution in [1.82, 2.24) is 9.88 Å². The molecule has 1 fully saturated rings. The summed E-state index contributed by atoms with van der Waals surface area (Å²) >= 11 is 1.26. The van der Waals surface area contributed by atoms with Gasteiger partial charge in [-0.3, -0.25) is 14.3 Å². The third-order valence-electron chi connectivity index (χ3n) is 4.11. The summed E-state index contributed by atoms with van der Waals surface area (Å²) < 4.78 is 19.4. The molecule has 1 amide bonds. The maximum absolute atomic E-state index is 12.8. The first-order valence-corrected chi connectivity index (χ1v) is 10.7. The molecule has 1 aliphatic rings. The summed E-state index contributed by atoms with van der Waals surface area (Å²) in [5.41, 5.74) is -0.157. The number of fused-ring (bicyclic) bond motifs is 1. The van der Waals surface area contributed by atoms with Crippen molar-refractivity contribution in [2.45, 2.75) is 49.6 Å². The van der Waals surface area contributed by atoms with E-state index in [0.717, 1.165) is 17.5 Å². The van der Waals surface area contributed by atoms with Crippen LogP contribution in [0.3, 0.4) is 0 Å². The van der Waals surface area contributed by atoms with E-state index in [0.29, 0.717) is 16.4 Å². The molecule has 1 aromatic heterocycles. The third kappa shape index (κ3) is 4.62. The lowest BCUT2D eigenvalue weighted by Gasteiger charge is -2.28. The zero-order valence-electron chi connectivity index (χ0n) is 15.3. The van der Waals surface area contributed by atoms with E-state index in [4.69, 9.17) is 4.74 Å². The van der Waals surface area contributed by atoms with Crippen molar-refractivity contribution in [3.63, 3.8) is 0 Å². The van der Waals surface area contributed by atoms with Crippen LogP contribution in [0.15, 0.2) is 22.5 Å². The number of nitro benzene ring substituents is 1. The van der Waals surface area contributed by atoms with Crippen LogP contribution in [0.25, 0.3) is 10.2 Å². The molecule has 10 heteroatoms. The number of nitrogens with zero attached hydrogens (tertiary/aromatic N) is 3. The quantitative estimate of drug-likeness (QED) is 0.561. The first-order valence-electron chi connectivity index (χ1n) is 8.57. The number of carbonyl (C=O) groups excluding carboxylic acids is 1. The molecule has 0 bridgehead atoms. The number of non-ortho nitro benzene ring substituents is 1. The van der Waals surface area contributed by atoms with Crippen LogP contribution >= 0.6 is 11.3 Å². The zero-order chi connectivity index (χ0) is 19.8. The average Bonchev–Trinajstić information content (AvgIpc) is 3.18. The SMILES string of the molecule is CC(C)(C)OC(=O)N1CCC[C@@H]1C[S@](=O)c1nc2cc([N+](=O)[O-])ccc2s1. The van der Waals surface area contributed by atoms with Crippen LogP contribution in [0, 0.1) is 10.1 Å². The lowest BCUT2D eigenvalue weighted by Crippen LogP contribution is -2.42. The standard InChI is InChI=1S/C17H21N3O5S2/c1-17(2,3)25-16(21)19-8-4-5-12(19)10-27(24)15-18-13-9-11(20(22)23)6-7-14(13)26-15/h6-7,9,12H,4-5,8,10H2,1-3H3/t12-,27+/m1/s1. The molecule has 146 valence electrons. The van der Waals surface area contributed by atoms with Crippen molar-refractivity contribution >= 4 is 44.1 Å². The van der Waals surface area contributed by atoms with Gasteiger partial charge in [0.25, 0.3) is 5.69 Å². The van der Waals surface area contributed by atoms with Crippen LogP contribution in [-0.4, -0.2) is 49.0 Å². The lowest BCUT2D eigenvalue weighted by molar-refractivity contribution is -0.384. The van der Waals surface area contributed by atoms with Gasteiger partial charge in [-0.1, -0.05) is 0 Å². The Morgan fingerprint density at radius 1 is 1.48 bits per heavy atom. The maximum Gasteiger partial charge on any atom is 0.410 e. The maximum atomic E-state index is 12.8. The molecule has 27 heavy (non-hydrogen) atoms. The molecule has 0 spiro atoms. The molecule has 2 aromatic rings. The van der Waals surface area contributed by atoms with Gasteiger partial charge in [0.05, 0.1) is 31.7 Å². The first kappa shape index (κ1) is 19.7. The topological polar surface area (TPSA) is 103 Å². The summed E-state index contributed by atoms with van der Waals surface area (Å²) in [6.07, 6.45) is 1.22. The number of nitro groups is 1. The molecule has 8 nitrogen and oxygen atoms in total. The Morgan fingerprint density at radius 2 is 2.22 bits per heavy atom. The van der Waals surface area contributed by atoms with Crippen LogP contribution < -0.4 is 0 Å². The van der Waals surface area contributed by atoms with E-state index in [-0.39, 0.29) is 23.6 Å². The van der Waals surface area contributed by atoms with Crippen molar-refractivity contribution in [2.24, 2.45) is 0 Å². The Morgan fingerprint density at radius 3 is 2.89 bits per heavy atom. The van der Waals surface area contributed by atoms with Gasteiger partial charge in [0.1, 0.15) is 5.60 Å². The van der Waals surface area contributed by atoms with Gasteiger partial charge in [0, 0.05) is 24.7 Å². The Labute approximate surface area is 163 Å². The van der Waals surface area contributed by atoms with E-state index in [1.807, 2.05) is 20.8 Å². The highest BCUT2D eigenvalue weighted by atomic mass is 32.2. The molecule has 3 rings (SSSR count). The second kappa shape index (κ2) is 7.51. The van der Waals surface area contributed by atoms with Crippen LogP contribution in [0.4, 0.5) is 10.5 Å². The first-order chi connectivity index (χ1) is 12.6. The van der Waals surface area contributed by atoms with Crippen LogP contribution in [0.2, 0.25) is 0 Å². The van der Waals surface area contributed by atoms with Crippen LogP contribution in [-0.2, 0) is 15.5 Å². The average molecular weight is 412 g/mol. The molecular formula is C17H21N3O5S2. The summed E-state index contributed by atoms with van der Waals surface area (Å²) in [6, 6.07) is 4.25. The van der Waals surface area contributed by atoms with Crippen molar-refractivity contribution in [1.29, 1.82) is 0 Å². The van der Waals surface area contributed by atoms with E-state index in [9.17, 15) is 19.1 Å². The minimum atomic E-state index is -1.40. The number of thiazole rings is 1. The number of carbonyl (C=O) groups is 1. The summed E-state index contributed by atoms with van der Waals surface area (Å²) in [7, 11) is -1.40. The fourth-order valence-corrected chi connectivity index (χ4v) is 5.48. The van der Waals surface area contributed by atoms with E-state index in [1.54, 1.807) is 11.0 Å². The fourth-order valence-electron chi connectivity index (χ4n) is 2.92. The third-order valence-corrected chi connectivity index (χ3v) is 6.91. The van der Waals surface area contributed by atoms with E-state index in [1.165, 1.54) is 23.5 Å². The zero-order valence-corrected chi connectivity index (χ0v) is 17.0. The molecule has 1 aliphatic heterocycles. The van der Waals surface area contributed by atoms with Gasteiger partial charge < -0.3 is 9.64 Å². The number of likely N-dealkylation sites (tertiary alicyclic amines) is 1. The molecule has 2 atom stereocenters. The highest BCUT2D eigenvalue weighted by molar-refractivity contribution is 7.87. The smallest absolute Gasteiger partial charge is 0.410 e. The molecule has 0 saturated carbocycles. The van der Waals surface area contributed by atoms with Gasteiger partial charge in [-0.25, -0.2) is 9.78 Å². The molecule has 1 saturated heterocycles. The van der Waals surface area contributed by atoms with E-state index < -0.39 is 21.3 Å². The molecule has 0 radical (unpaired) electrons. The van der Waals surface area contributed by atoms with Gasteiger partial charge in [0.2, 0.25) is 0 Å². The van der Waals surface area contributed by atoms with Crippen molar-refractivity contribution in [3.05, 3.63) is 28.3 Å². The summed E-state index contributed by atoms with van der Waals surface area (Å²) in [5.74, 6) is 0.279. The molecule has 0 N–H and O–H groups in total. The number of benzene rings is 1. The number of rotatable bonds is 4. The second-order valence-electron chi connectivity index (χ2n) is 7.37. The minimum absolute atomic E-state index is 0.0444. The predicted molar refractivity (Wildman–Crippen MR) is 104 cm³/mol. The van der Waals surface area contributed by atoms with Gasteiger partial charge in [-0.05, 0) is 39.7 Å². The second-order valence-corrected chi connectivity index (χ2v) is 10.1. The van der Waals surface area contributed by atoms with E-state index in [2.05, 4.69) is 4.98 Å². The number of ether oxygens (including phenoxy) is 1. The molecular weight excluding hydrogens is 390 g/mol. The van der Waals surface area contributed by atoms with Crippen molar-refractivity contribution < 1.29 is 18.7 Å². The largest absolute Gasteiger partial charge is 0.444 e. The number of aromatic nitrogens is 1. The summed E-state index contributed by atoms with van der Waals surface area (Å²) in [4.78, 5) is 28.7. The fraction of sp³-hybridized carbons (Fsp3) is 0.529. The Bertz CT molecular complexity index is 906. The summed E-state index contributed by atoms with van der Waals surface area (Å²) in [5, 5.41) is 10.9. The van der Waals surface area contributed by atoms with Gasteiger partial charge in [-0.2, -0.15) is 0 Å². The lowest BCUT2D eigenvalue weighted by atomic mass is 10.2. The monoisotopic (exact) mass is 411 g/mol. The highest BCUT2D eigenvalue weighted by Crippen LogP contribution is 2.29. The number of hydrogen-bond acceptors (Lipinski definition) is 7. The Hall–Kier alpha value is -2.07. The predicted octanol–water partition coefficient (Wildman–Crippen LogP) is 3.71. The Balaban J connectivity index is 1.73. The highest BCUT2D eigenvalue weighted by Gasteiger charge is 2.33. The van der Waals surface area contributed by atoms with Gasteiger partial charge in [0.15, 0.2) is 4.34 Å². The molecule has 2 heterocycles. The normalized spacial score (nSPS) is 18.6. The van der Waals surface area contributed by atoms with Crippen LogP contribution in [0.1, 0.15) is 33.6 Å². The van der Waals surface area contributed by atoms with Gasteiger partial charge >= 0.3 is 6.09 Å². The Kier molecular flexibility index (Phi) is 5.48. The number of amides is 1. The van der Waals surface area contributed by atoms with Crippen molar-refractivity contribution in [2.75, 3.05) is 12.3 Å². The minimum Gasteiger partial charge on any atom is -0.444 e. The molecule has 1 aromatic carbocycles. The van der Waals surface area contributed by atoms with Gasteiger partial charge in [-0.15, -0.1) is 11.3 Å². The number of hydrogen-bond donors (Lipinski definition) is 0.